The van der Waals surface area contributed by atoms with Gasteiger partial charge in [0, 0.05) is 32.5 Å². The van der Waals surface area contributed by atoms with Crippen LogP contribution in [0, 0.1) is 0 Å². The van der Waals surface area contributed by atoms with Gasteiger partial charge in [0.15, 0.2) is 5.79 Å². The lowest BCUT2D eigenvalue weighted by molar-refractivity contribution is -0.188. The Morgan fingerprint density at radius 1 is 1.06 bits per heavy atom. The van der Waals surface area contributed by atoms with Gasteiger partial charge in [-0.3, -0.25) is 4.90 Å². The molecule has 2 saturated heterocycles. The minimum Gasteiger partial charge on any atom is -0.379 e. The number of morpholine rings is 1. The van der Waals surface area contributed by atoms with Crippen LogP contribution in [0.25, 0.3) is 0 Å². The summed E-state index contributed by atoms with van der Waals surface area (Å²) in [5.74, 6) is -0.213. The molecule has 0 aromatic heterocycles. The highest BCUT2D eigenvalue weighted by Gasteiger charge is 2.42. The number of rotatable bonds is 2. The number of ether oxygens (including phenoxy) is 3. The predicted molar refractivity (Wildman–Crippen MR) is 63.9 cm³/mol. The summed E-state index contributed by atoms with van der Waals surface area (Å²) in [6, 6.07) is 0. The Morgan fingerprint density at radius 3 is 2.59 bits per heavy atom. The third kappa shape index (κ3) is 2.81. The molecule has 1 atom stereocenters. The average Bonchev–Trinajstić information content (AvgIpc) is 2.74. The number of hydrogen-bond acceptors (Lipinski definition) is 4. The van der Waals surface area contributed by atoms with Crippen molar-refractivity contribution in [2.75, 3.05) is 39.5 Å². The second-order valence-electron chi connectivity index (χ2n) is 5.44. The van der Waals surface area contributed by atoms with E-state index in [1.807, 2.05) is 0 Å². The van der Waals surface area contributed by atoms with Crippen molar-refractivity contribution >= 4 is 0 Å². The molecule has 3 fully saturated rings. The summed E-state index contributed by atoms with van der Waals surface area (Å²) in [7, 11) is 0. The van der Waals surface area contributed by atoms with Gasteiger partial charge in [-0.2, -0.15) is 0 Å². The van der Waals surface area contributed by atoms with E-state index < -0.39 is 0 Å². The summed E-state index contributed by atoms with van der Waals surface area (Å²) in [6.07, 6.45) is 6.29. The molecule has 4 nitrogen and oxygen atoms in total. The molecule has 3 rings (SSSR count). The van der Waals surface area contributed by atoms with E-state index in [-0.39, 0.29) is 11.9 Å². The van der Waals surface area contributed by atoms with Gasteiger partial charge in [0.25, 0.3) is 0 Å². The molecule has 1 saturated carbocycles. The van der Waals surface area contributed by atoms with Crippen molar-refractivity contribution in [1.29, 1.82) is 0 Å². The third-order valence-corrected chi connectivity index (χ3v) is 4.09. The van der Waals surface area contributed by atoms with E-state index in [0.717, 1.165) is 52.3 Å². The molecular weight excluding hydrogens is 218 g/mol. The molecule has 0 unspecified atom stereocenters. The Hall–Kier alpha value is -0.160. The van der Waals surface area contributed by atoms with E-state index in [2.05, 4.69) is 4.90 Å². The summed E-state index contributed by atoms with van der Waals surface area (Å²) in [5, 5.41) is 0. The fraction of sp³-hybridized carbons (Fsp3) is 1.00. The van der Waals surface area contributed by atoms with Crippen LogP contribution in [-0.4, -0.2) is 56.2 Å². The van der Waals surface area contributed by atoms with E-state index in [4.69, 9.17) is 14.2 Å². The average molecular weight is 241 g/mol. The smallest absolute Gasteiger partial charge is 0.168 e. The maximum absolute atomic E-state index is 6.19. The van der Waals surface area contributed by atoms with Crippen LogP contribution in [0.4, 0.5) is 0 Å². The van der Waals surface area contributed by atoms with E-state index in [1.165, 1.54) is 19.3 Å². The largest absolute Gasteiger partial charge is 0.379 e. The normalized spacial score (nSPS) is 34.2. The van der Waals surface area contributed by atoms with E-state index >= 15 is 0 Å². The highest BCUT2D eigenvalue weighted by atomic mass is 16.7. The zero-order valence-electron chi connectivity index (χ0n) is 10.5. The molecule has 0 aromatic carbocycles. The molecule has 0 amide bonds. The zero-order valence-corrected chi connectivity index (χ0v) is 10.5. The second-order valence-corrected chi connectivity index (χ2v) is 5.44. The second kappa shape index (κ2) is 5.22. The minimum absolute atomic E-state index is 0.213. The minimum atomic E-state index is -0.213. The van der Waals surface area contributed by atoms with Crippen molar-refractivity contribution in [3.63, 3.8) is 0 Å². The quantitative estimate of drug-likeness (QED) is 0.731. The standard InChI is InChI=1S/C13H23NO3/c1-2-4-13(5-3-1)16-11-12(17-13)10-14-6-8-15-9-7-14/h12H,1-11H2/t12-/m0/s1. The Kier molecular flexibility index (Phi) is 3.66. The van der Waals surface area contributed by atoms with E-state index in [1.54, 1.807) is 0 Å². The van der Waals surface area contributed by atoms with Gasteiger partial charge in [-0.25, -0.2) is 0 Å². The van der Waals surface area contributed by atoms with Gasteiger partial charge in [0.1, 0.15) is 0 Å². The maximum atomic E-state index is 6.19. The van der Waals surface area contributed by atoms with Crippen molar-refractivity contribution in [1.82, 2.24) is 4.90 Å². The van der Waals surface area contributed by atoms with Crippen LogP contribution in [0.1, 0.15) is 32.1 Å². The van der Waals surface area contributed by atoms with Crippen molar-refractivity contribution in [2.24, 2.45) is 0 Å². The fourth-order valence-corrected chi connectivity index (χ4v) is 3.13. The molecule has 4 heteroatoms. The van der Waals surface area contributed by atoms with Crippen molar-refractivity contribution in [3.8, 4) is 0 Å². The van der Waals surface area contributed by atoms with Crippen molar-refractivity contribution in [3.05, 3.63) is 0 Å². The van der Waals surface area contributed by atoms with Gasteiger partial charge in [-0.05, 0) is 12.8 Å². The monoisotopic (exact) mass is 241 g/mol. The van der Waals surface area contributed by atoms with Gasteiger partial charge < -0.3 is 14.2 Å². The Labute approximate surface area is 103 Å². The van der Waals surface area contributed by atoms with Crippen LogP contribution >= 0.6 is 0 Å². The first-order chi connectivity index (χ1) is 8.36. The molecule has 98 valence electrons. The first-order valence-corrected chi connectivity index (χ1v) is 6.98. The highest BCUT2D eigenvalue weighted by Crippen LogP contribution is 2.37. The molecule has 1 aliphatic carbocycles. The molecule has 0 bridgehead atoms. The lowest BCUT2D eigenvalue weighted by atomic mass is 9.94. The van der Waals surface area contributed by atoms with Gasteiger partial charge in [0.05, 0.1) is 25.9 Å². The Balaban J connectivity index is 1.49. The first kappa shape index (κ1) is 11.9. The van der Waals surface area contributed by atoms with E-state index in [9.17, 15) is 0 Å². The molecule has 1 spiro atoms. The predicted octanol–water partition coefficient (Wildman–Crippen LogP) is 1.39. The number of nitrogens with zero attached hydrogens (tertiary/aromatic N) is 1. The van der Waals surface area contributed by atoms with Crippen LogP contribution in [0.2, 0.25) is 0 Å². The summed E-state index contributed by atoms with van der Waals surface area (Å²) in [6.45, 7) is 5.57. The molecule has 0 radical (unpaired) electrons. The van der Waals surface area contributed by atoms with Gasteiger partial charge in [-0.15, -0.1) is 0 Å². The van der Waals surface area contributed by atoms with Gasteiger partial charge in [-0.1, -0.05) is 6.42 Å². The van der Waals surface area contributed by atoms with Crippen LogP contribution in [0.3, 0.4) is 0 Å². The first-order valence-electron chi connectivity index (χ1n) is 6.98. The fourth-order valence-electron chi connectivity index (χ4n) is 3.13. The van der Waals surface area contributed by atoms with Crippen molar-refractivity contribution < 1.29 is 14.2 Å². The molecule has 17 heavy (non-hydrogen) atoms. The lowest BCUT2D eigenvalue weighted by Gasteiger charge is -2.33. The number of hydrogen-bond donors (Lipinski definition) is 0. The highest BCUT2D eigenvalue weighted by molar-refractivity contribution is 4.84. The van der Waals surface area contributed by atoms with Crippen molar-refractivity contribution in [2.45, 2.75) is 44.0 Å². The molecule has 0 N–H and O–H groups in total. The molecule has 2 aliphatic heterocycles. The summed E-state index contributed by atoms with van der Waals surface area (Å²) in [4.78, 5) is 2.43. The van der Waals surface area contributed by atoms with Gasteiger partial charge in [0.2, 0.25) is 0 Å². The maximum Gasteiger partial charge on any atom is 0.168 e. The van der Waals surface area contributed by atoms with Crippen LogP contribution in [0.5, 0.6) is 0 Å². The lowest BCUT2D eigenvalue weighted by Crippen LogP contribution is -2.42. The molecule has 2 heterocycles. The Morgan fingerprint density at radius 2 is 1.82 bits per heavy atom. The van der Waals surface area contributed by atoms with Crippen LogP contribution in [0.15, 0.2) is 0 Å². The Bertz CT molecular complexity index is 247. The molecule has 0 aromatic rings. The van der Waals surface area contributed by atoms with Crippen LogP contribution in [-0.2, 0) is 14.2 Å². The molecular formula is C13H23NO3. The van der Waals surface area contributed by atoms with Crippen LogP contribution < -0.4 is 0 Å². The summed E-state index contributed by atoms with van der Waals surface area (Å²) in [5.41, 5.74) is 0. The topological polar surface area (TPSA) is 30.9 Å². The zero-order chi connectivity index (χ0) is 11.6. The molecule has 3 aliphatic rings. The van der Waals surface area contributed by atoms with E-state index in [0.29, 0.717) is 0 Å². The summed E-state index contributed by atoms with van der Waals surface area (Å²) < 4.78 is 17.5. The SMILES string of the molecule is C1CCC2(CC1)OC[C@H](CN1CCOCC1)O2. The third-order valence-electron chi connectivity index (χ3n) is 4.09. The van der Waals surface area contributed by atoms with Gasteiger partial charge >= 0.3 is 0 Å². The summed E-state index contributed by atoms with van der Waals surface area (Å²) >= 11 is 0.